The fourth-order valence-corrected chi connectivity index (χ4v) is 1.71. The van der Waals surface area contributed by atoms with Gasteiger partial charge in [0.05, 0.1) is 0 Å². The van der Waals surface area contributed by atoms with E-state index in [2.05, 4.69) is 5.16 Å². The molecular formula is C8H12N2O. The molecule has 0 aromatic carbocycles. The van der Waals surface area contributed by atoms with Crippen molar-refractivity contribution in [1.82, 2.24) is 5.16 Å². The number of nitrogens with zero attached hydrogens (tertiary/aromatic N) is 1. The first kappa shape index (κ1) is 6.70. The summed E-state index contributed by atoms with van der Waals surface area (Å²) < 4.78 is 5.07. The molecule has 2 N–H and O–H groups in total. The maximum atomic E-state index is 5.44. The molecule has 1 fully saturated rings. The van der Waals surface area contributed by atoms with Gasteiger partial charge in [-0.2, -0.15) is 0 Å². The van der Waals surface area contributed by atoms with E-state index in [1.165, 1.54) is 25.7 Å². The quantitative estimate of drug-likeness (QED) is 0.668. The van der Waals surface area contributed by atoms with Crippen LogP contribution in [0.2, 0.25) is 0 Å². The van der Waals surface area contributed by atoms with Gasteiger partial charge in [0.25, 0.3) is 0 Å². The standard InChI is InChI=1S/C8H12N2O/c9-8-5-7(11-10-8)6-3-1-2-4-6/h5-6H,1-4H2,(H2,9,10). The molecule has 60 valence electrons. The Kier molecular flexibility index (Phi) is 1.56. The summed E-state index contributed by atoms with van der Waals surface area (Å²) in [6.07, 6.45) is 5.08. The van der Waals surface area contributed by atoms with Crippen LogP contribution in [0.15, 0.2) is 10.6 Å². The van der Waals surface area contributed by atoms with Crippen molar-refractivity contribution < 1.29 is 4.52 Å². The molecule has 1 aliphatic rings. The molecule has 1 aromatic rings. The van der Waals surface area contributed by atoms with E-state index in [4.69, 9.17) is 10.3 Å². The van der Waals surface area contributed by atoms with Crippen molar-refractivity contribution in [3.63, 3.8) is 0 Å². The third kappa shape index (κ3) is 1.23. The highest BCUT2D eigenvalue weighted by atomic mass is 16.5. The monoisotopic (exact) mass is 152 g/mol. The first-order chi connectivity index (χ1) is 5.36. The number of hydrogen-bond acceptors (Lipinski definition) is 3. The van der Waals surface area contributed by atoms with Gasteiger partial charge in [0, 0.05) is 12.0 Å². The topological polar surface area (TPSA) is 52.0 Å². The predicted molar refractivity (Wildman–Crippen MR) is 42.1 cm³/mol. The summed E-state index contributed by atoms with van der Waals surface area (Å²) >= 11 is 0. The molecule has 0 amide bonds. The fraction of sp³-hybridized carbons (Fsp3) is 0.625. The average Bonchev–Trinajstić information content (AvgIpc) is 2.55. The first-order valence-electron chi connectivity index (χ1n) is 4.08. The highest BCUT2D eigenvalue weighted by Gasteiger charge is 2.20. The highest BCUT2D eigenvalue weighted by Crippen LogP contribution is 2.34. The zero-order valence-electron chi connectivity index (χ0n) is 6.42. The van der Waals surface area contributed by atoms with Crippen molar-refractivity contribution in [3.05, 3.63) is 11.8 Å². The Bertz CT molecular complexity index is 238. The van der Waals surface area contributed by atoms with E-state index in [1.54, 1.807) is 0 Å². The Morgan fingerprint density at radius 1 is 1.45 bits per heavy atom. The van der Waals surface area contributed by atoms with Crippen LogP contribution >= 0.6 is 0 Å². The molecule has 3 nitrogen and oxygen atoms in total. The number of hydrogen-bond donors (Lipinski definition) is 1. The molecule has 2 rings (SSSR count). The number of anilines is 1. The van der Waals surface area contributed by atoms with Gasteiger partial charge in [-0.05, 0) is 12.8 Å². The summed E-state index contributed by atoms with van der Waals surface area (Å²) in [5.74, 6) is 2.06. The van der Waals surface area contributed by atoms with Crippen LogP contribution in [-0.4, -0.2) is 5.16 Å². The third-order valence-electron chi connectivity index (χ3n) is 2.30. The second-order valence-electron chi connectivity index (χ2n) is 3.14. The van der Waals surface area contributed by atoms with E-state index in [1.807, 2.05) is 6.07 Å². The van der Waals surface area contributed by atoms with Crippen LogP contribution in [0.5, 0.6) is 0 Å². The van der Waals surface area contributed by atoms with Gasteiger partial charge in [-0.1, -0.05) is 18.0 Å². The Labute approximate surface area is 65.6 Å². The number of nitrogens with two attached hydrogens (primary N) is 1. The second-order valence-corrected chi connectivity index (χ2v) is 3.14. The number of rotatable bonds is 1. The van der Waals surface area contributed by atoms with Crippen molar-refractivity contribution in [2.45, 2.75) is 31.6 Å². The molecule has 0 radical (unpaired) electrons. The van der Waals surface area contributed by atoms with E-state index in [-0.39, 0.29) is 0 Å². The van der Waals surface area contributed by atoms with Crippen LogP contribution in [0.3, 0.4) is 0 Å². The lowest BCUT2D eigenvalue weighted by Gasteiger charge is -2.00. The molecule has 1 heterocycles. The largest absolute Gasteiger partial charge is 0.381 e. The van der Waals surface area contributed by atoms with Gasteiger partial charge in [-0.25, -0.2) is 0 Å². The van der Waals surface area contributed by atoms with Gasteiger partial charge in [-0.15, -0.1) is 0 Å². The molecular weight excluding hydrogens is 140 g/mol. The second kappa shape index (κ2) is 2.57. The van der Waals surface area contributed by atoms with Crippen LogP contribution in [0.1, 0.15) is 37.4 Å². The summed E-state index contributed by atoms with van der Waals surface area (Å²) in [5, 5.41) is 3.66. The summed E-state index contributed by atoms with van der Waals surface area (Å²) in [4.78, 5) is 0. The van der Waals surface area contributed by atoms with Crippen molar-refractivity contribution in [2.75, 3.05) is 5.73 Å². The molecule has 11 heavy (non-hydrogen) atoms. The molecule has 0 aliphatic heterocycles. The molecule has 3 heteroatoms. The van der Waals surface area contributed by atoms with Crippen molar-refractivity contribution in [1.29, 1.82) is 0 Å². The van der Waals surface area contributed by atoms with E-state index in [9.17, 15) is 0 Å². The van der Waals surface area contributed by atoms with Crippen LogP contribution < -0.4 is 5.73 Å². The fourth-order valence-electron chi connectivity index (χ4n) is 1.71. The number of nitrogen functional groups attached to an aromatic ring is 1. The summed E-state index contributed by atoms with van der Waals surface area (Å²) in [5.41, 5.74) is 5.44. The molecule has 1 aliphatic carbocycles. The maximum Gasteiger partial charge on any atom is 0.167 e. The lowest BCUT2D eigenvalue weighted by molar-refractivity contribution is 0.363. The smallest absolute Gasteiger partial charge is 0.167 e. The van der Waals surface area contributed by atoms with Gasteiger partial charge in [0.1, 0.15) is 5.76 Å². The summed E-state index contributed by atoms with van der Waals surface area (Å²) in [6, 6.07) is 1.84. The summed E-state index contributed by atoms with van der Waals surface area (Å²) in [6.45, 7) is 0. The van der Waals surface area contributed by atoms with Crippen LogP contribution in [0.25, 0.3) is 0 Å². The lowest BCUT2D eigenvalue weighted by Crippen LogP contribution is -1.88. The van der Waals surface area contributed by atoms with Gasteiger partial charge in [-0.3, -0.25) is 0 Å². The SMILES string of the molecule is Nc1cc(C2CCCC2)on1. The molecule has 1 saturated carbocycles. The van der Waals surface area contributed by atoms with Crippen LogP contribution in [-0.2, 0) is 0 Å². The Morgan fingerprint density at radius 3 is 2.73 bits per heavy atom. The zero-order chi connectivity index (χ0) is 7.68. The van der Waals surface area contributed by atoms with Crippen molar-refractivity contribution in [3.8, 4) is 0 Å². The third-order valence-corrected chi connectivity index (χ3v) is 2.30. The minimum atomic E-state index is 0.506. The zero-order valence-corrected chi connectivity index (χ0v) is 6.42. The Hall–Kier alpha value is -0.990. The molecule has 0 unspecified atom stereocenters. The molecule has 0 bridgehead atoms. The summed E-state index contributed by atoms with van der Waals surface area (Å²) in [7, 11) is 0. The van der Waals surface area contributed by atoms with Gasteiger partial charge >= 0.3 is 0 Å². The molecule has 1 aromatic heterocycles. The highest BCUT2D eigenvalue weighted by molar-refractivity contribution is 5.28. The number of aromatic nitrogens is 1. The first-order valence-corrected chi connectivity index (χ1v) is 4.08. The van der Waals surface area contributed by atoms with E-state index in [0.29, 0.717) is 11.7 Å². The average molecular weight is 152 g/mol. The van der Waals surface area contributed by atoms with E-state index < -0.39 is 0 Å². The van der Waals surface area contributed by atoms with Gasteiger partial charge in [0.2, 0.25) is 0 Å². The van der Waals surface area contributed by atoms with Crippen LogP contribution in [0, 0.1) is 0 Å². The maximum absolute atomic E-state index is 5.44. The van der Waals surface area contributed by atoms with Crippen molar-refractivity contribution >= 4 is 5.82 Å². The van der Waals surface area contributed by atoms with Gasteiger partial charge < -0.3 is 10.3 Å². The minimum absolute atomic E-state index is 0.506. The van der Waals surface area contributed by atoms with E-state index >= 15 is 0 Å². The predicted octanol–water partition coefficient (Wildman–Crippen LogP) is 1.91. The lowest BCUT2D eigenvalue weighted by atomic mass is 10.1. The van der Waals surface area contributed by atoms with E-state index in [0.717, 1.165) is 5.76 Å². The molecule has 0 atom stereocenters. The van der Waals surface area contributed by atoms with Crippen LogP contribution in [0.4, 0.5) is 5.82 Å². The molecule has 0 saturated heterocycles. The molecule has 0 spiro atoms. The van der Waals surface area contributed by atoms with Crippen molar-refractivity contribution in [2.24, 2.45) is 0 Å². The Morgan fingerprint density at radius 2 is 2.18 bits per heavy atom. The Balaban J connectivity index is 2.15. The normalized spacial score (nSPS) is 19.3. The minimum Gasteiger partial charge on any atom is -0.381 e. The van der Waals surface area contributed by atoms with Gasteiger partial charge in [0.15, 0.2) is 5.82 Å².